The van der Waals surface area contributed by atoms with E-state index in [4.69, 9.17) is 10.5 Å². The Kier molecular flexibility index (Phi) is 7.92. The van der Waals surface area contributed by atoms with E-state index < -0.39 is 23.0 Å². The van der Waals surface area contributed by atoms with Crippen molar-refractivity contribution < 1.29 is 22.7 Å². The minimum absolute atomic E-state index is 0.0503. The molecule has 2 aliphatic rings. The fourth-order valence-electron chi connectivity index (χ4n) is 5.73. The number of ether oxygens (including phenoxy) is 1. The van der Waals surface area contributed by atoms with Crippen LogP contribution in [0.4, 0.5) is 19.0 Å². The molecule has 2 aromatic heterocycles. The molecule has 6 rings (SSSR count). The number of rotatable bonds is 9. The van der Waals surface area contributed by atoms with E-state index in [0.717, 1.165) is 31.4 Å². The zero-order chi connectivity index (χ0) is 31.9. The summed E-state index contributed by atoms with van der Waals surface area (Å²) in [6.45, 7) is 4.58. The number of carbonyl (C=O) groups is 1. The first-order valence-corrected chi connectivity index (χ1v) is 14.6. The van der Waals surface area contributed by atoms with Crippen LogP contribution in [0.5, 0.6) is 11.5 Å². The Morgan fingerprint density at radius 2 is 1.98 bits per heavy atom. The van der Waals surface area contributed by atoms with Gasteiger partial charge in [0.25, 0.3) is 5.91 Å². The molecule has 2 aromatic carbocycles. The molecule has 0 bridgehead atoms. The van der Waals surface area contributed by atoms with E-state index in [1.54, 1.807) is 15.7 Å². The Labute approximate surface area is 257 Å². The standard InChI is InChI=1S/C32H31F3N8O2/c1-32(2,40-19-8-9-19)14-18(15-36)31(44)42-12-4-5-20(42)16-43-30-26(29(37)38-17-39-30)28(41-43)22-11-10-21(13-24(22)34)45-25-7-3-6-23(33)27(25)35/h3,6-7,10-11,13-14,17,19-20,40H,4-5,8-9,12,16H2,1-2H3,(H2,37,38,39)/b18-14-/t20-/m0/s1. The molecule has 3 heterocycles. The average molecular weight is 617 g/mol. The summed E-state index contributed by atoms with van der Waals surface area (Å²) in [4.78, 5) is 23.7. The molecule has 1 saturated carbocycles. The van der Waals surface area contributed by atoms with Crippen molar-refractivity contribution in [1.82, 2.24) is 30.0 Å². The summed E-state index contributed by atoms with van der Waals surface area (Å²) in [6, 6.07) is 9.48. The monoisotopic (exact) mass is 616 g/mol. The van der Waals surface area contributed by atoms with Gasteiger partial charge in [0.2, 0.25) is 5.82 Å². The molecule has 3 N–H and O–H groups in total. The summed E-state index contributed by atoms with van der Waals surface area (Å²) >= 11 is 0. The van der Waals surface area contributed by atoms with E-state index in [-0.39, 0.29) is 52.6 Å². The van der Waals surface area contributed by atoms with Crippen molar-refractivity contribution in [3.05, 3.63) is 71.8 Å². The molecular weight excluding hydrogens is 585 g/mol. The van der Waals surface area contributed by atoms with Crippen LogP contribution in [0.15, 0.2) is 54.4 Å². The summed E-state index contributed by atoms with van der Waals surface area (Å²) in [6.07, 6.45) is 6.53. The summed E-state index contributed by atoms with van der Waals surface area (Å²) in [5.41, 5.74) is 6.35. The normalized spacial score (nSPS) is 17.1. The van der Waals surface area contributed by atoms with Crippen LogP contribution in [0.2, 0.25) is 0 Å². The molecule has 1 aliphatic heterocycles. The number of aromatic nitrogens is 4. The van der Waals surface area contributed by atoms with Gasteiger partial charge in [0, 0.05) is 29.8 Å². The SMILES string of the molecule is CC(C)(/C=C(/C#N)C(=O)N1CCC[C@H]1Cn1nc(-c2ccc(Oc3cccc(F)c3F)cc2F)c2c(N)ncnc21)NC1CC1. The predicted molar refractivity (Wildman–Crippen MR) is 160 cm³/mol. The first kappa shape index (κ1) is 30.1. The number of nitrogens with zero attached hydrogens (tertiary/aromatic N) is 6. The van der Waals surface area contributed by atoms with Gasteiger partial charge in [-0.1, -0.05) is 6.07 Å². The van der Waals surface area contributed by atoms with Crippen LogP contribution < -0.4 is 15.8 Å². The van der Waals surface area contributed by atoms with Crippen LogP contribution in [-0.4, -0.2) is 54.7 Å². The van der Waals surface area contributed by atoms with Gasteiger partial charge in [0.1, 0.15) is 41.0 Å². The largest absolute Gasteiger partial charge is 0.454 e. The van der Waals surface area contributed by atoms with Gasteiger partial charge in [-0.15, -0.1) is 0 Å². The van der Waals surface area contributed by atoms with Crippen molar-refractivity contribution >= 4 is 22.8 Å². The maximum atomic E-state index is 15.5. The molecule has 1 saturated heterocycles. The van der Waals surface area contributed by atoms with Gasteiger partial charge in [0.05, 0.1) is 18.0 Å². The van der Waals surface area contributed by atoms with Crippen LogP contribution in [0.25, 0.3) is 22.3 Å². The summed E-state index contributed by atoms with van der Waals surface area (Å²) in [5.74, 6) is -3.73. The predicted octanol–water partition coefficient (Wildman–Crippen LogP) is 5.26. The smallest absolute Gasteiger partial charge is 0.264 e. The highest BCUT2D eigenvalue weighted by Crippen LogP contribution is 2.35. The van der Waals surface area contributed by atoms with E-state index in [2.05, 4.69) is 26.5 Å². The lowest BCUT2D eigenvalue weighted by molar-refractivity contribution is -0.127. The van der Waals surface area contributed by atoms with Crippen molar-refractivity contribution in [2.24, 2.45) is 0 Å². The number of nitrogens with one attached hydrogen (secondary N) is 1. The van der Waals surface area contributed by atoms with Gasteiger partial charge in [-0.25, -0.2) is 23.4 Å². The Morgan fingerprint density at radius 1 is 1.18 bits per heavy atom. The number of nitrogen functional groups attached to an aromatic ring is 1. The second kappa shape index (κ2) is 11.9. The van der Waals surface area contributed by atoms with Crippen LogP contribution in [0.1, 0.15) is 39.5 Å². The van der Waals surface area contributed by atoms with Crippen LogP contribution in [0.3, 0.4) is 0 Å². The summed E-state index contributed by atoms with van der Waals surface area (Å²) in [7, 11) is 0. The molecule has 45 heavy (non-hydrogen) atoms. The molecule has 232 valence electrons. The topological polar surface area (TPSA) is 135 Å². The number of carbonyl (C=O) groups excluding carboxylic acids is 1. The van der Waals surface area contributed by atoms with Crippen LogP contribution >= 0.6 is 0 Å². The van der Waals surface area contributed by atoms with Gasteiger partial charge >= 0.3 is 0 Å². The third-order valence-corrected chi connectivity index (χ3v) is 7.93. The van der Waals surface area contributed by atoms with Gasteiger partial charge in [-0.2, -0.15) is 14.8 Å². The highest BCUT2D eigenvalue weighted by Gasteiger charge is 2.34. The molecule has 13 heteroatoms. The maximum Gasteiger partial charge on any atom is 0.264 e. The molecule has 1 aliphatic carbocycles. The second-order valence-electron chi connectivity index (χ2n) is 11.9. The van der Waals surface area contributed by atoms with Gasteiger partial charge in [-0.05, 0) is 69.9 Å². The lowest BCUT2D eigenvalue weighted by Gasteiger charge is -2.27. The number of nitriles is 1. The number of fused-ring (bicyclic) bond motifs is 1. The quantitative estimate of drug-likeness (QED) is 0.192. The number of likely N-dealkylation sites (tertiary alicyclic amines) is 1. The van der Waals surface area contributed by atoms with Crippen LogP contribution in [-0.2, 0) is 11.3 Å². The Balaban J connectivity index is 1.29. The third-order valence-electron chi connectivity index (χ3n) is 7.93. The van der Waals surface area contributed by atoms with Crippen molar-refractivity contribution in [3.8, 4) is 28.8 Å². The number of nitrogens with two attached hydrogens (primary N) is 1. The van der Waals surface area contributed by atoms with E-state index >= 15 is 4.39 Å². The van der Waals surface area contributed by atoms with Crippen molar-refractivity contribution in [1.29, 1.82) is 5.26 Å². The zero-order valence-corrected chi connectivity index (χ0v) is 24.7. The number of anilines is 1. The average Bonchev–Trinajstić information content (AvgIpc) is 3.54. The van der Waals surface area contributed by atoms with E-state index in [9.17, 15) is 18.8 Å². The number of hydrogen-bond donors (Lipinski definition) is 2. The van der Waals surface area contributed by atoms with Gasteiger partial charge in [-0.3, -0.25) is 4.79 Å². The number of hydrogen-bond acceptors (Lipinski definition) is 8. The Hall–Kier alpha value is -4.96. The lowest BCUT2D eigenvalue weighted by Crippen LogP contribution is -2.42. The number of amides is 1. The summed E-state index contributed by atoms with van der Waals surface area (Å²) in [5, 5.41) is 18.3. The van der Waals surface area contributed by atoms with Crippen molar-refractivity contribution in [2.75, 3.05) is 12.3 Å². The molecular formula is C32H31F3N8O2. The highest BCUT2D eigenvalue weighted by atomic mass is 19.2. The molecule has 1 atom stereocenters. The highest BCUT2D eigenvalue weighted by molar-refractivity contribution is 5.99. The number of halogens is 3. The molecule has 2 fully saturated rings. The number of benzene rings is 2. The Bertz CT molecular complexity index is 1860. The van der Waals surface area contributed by atoms with E-state index in [1.807, 2.05) is 13.8 Å². The summed E-state index contributed by atoms with van der Waals surface area (Å²) < 4.78 is 50.2. The molecule has 0 spiro atoms. The molecule has 1 amide bonds. The first-order chi connectivity index (χ1) is 21.5. The fraction of sp³-hybridized carbons (Fsp3) is 0.344. The van der Waals surface area contributed by atoms with Gasteiger partial charge < -0.3 is 20.7 Å². The van der Waals surface area contributed by atoms with E-state index in [1.165, 1.54) is 30.6 Å². The molecule has 10 nitrogen and oxygen atoms in total. The fourth-order valence-corrected chi connectivity index (χ4v) is 5.73. The lowest BCUT2D eigenvalue weighted by atomic mass is 10.0. The molecule has 4 aromatic rings. The third kappa shape index (κ3) is 6.19. The first-order valence-electron chi connectivity index (χ1n) is 14.6. The van der Waals surface area contributed by atoms with Crippen LogP contribution in [0, 0.1) is 28.8 Å². The minimum Gasteiger partial charge on any atom is -0.454 e. The van der Waals surface area contributed by atoms with Crippen molar-refractivity contribution in [2.45, 2.75) is 63.7 Å². The van der Waals surface area contributed by atoms with Crippen molar-refractivity contribution in [3.63, 3.8) is 0 Å². The second-order valence-corrected chi connectivity index (χ2v) is 11.9. The van der Waals surface area contributed by atoms with E-state index in [0.29, 0.717) is 30.0 Å². The Morgan fingerprint density at radius 3 is 2.71 bits per heavy atom. The minimum atomic E-state index is -1.19. The maximum absolute atomic E-state index is 15.5. The zero-order valence-electron chi connectivity index (χ0n) is 24.7. The molecule has 0 unspecified atom stereocenters. The molecule has 0 radical (unpaired) electrons. The van der Waals surface area contributed by atoms with Gasteiger partial charge in [0.15, 0.2) is 17.2 Å².